The topological polar surface area (TPSA) is 38.3 Å². The Hall–Kier alpha value is -2.29. The first-order chi connectivity index (χ1) is 9.86. The van der Waals surface area contributed by atoms with Crippen molar-refractivity contribution in [2.24, 2.45) is 0 Å². The van der Waals surface area contributed by atoms with Crippen LogP contribution in [-0.4, -0.2) is 13.0 Å². The highest BCUT2D eigenvalue weighted by Crippen LogP contribution is 2.35. The Morgan fingerprint density at radius 1 is 1.10 bits per heavy atom. The summed E-state index contributed by atoms with van der Waals surface area (Å²) in [6.45, 7) is 2.77. The summed E-state index contributed by atoms with van der Waals surface area (Å²) in [4.78, 5) is 10.9. The fraction of sp³-hybridized carbons (Fsp3) is 0.235. The second kappa shape index (κ2) is 7.34. The summed E-state index contributed by atoms with van der Waals surface area (Å²) in [5.41, 5.74) is 2.74. The maximum absolute atomic E-state index is 10.9. The van der Waals surface area contributed by atoms with Crippen molar-refractivity contribution in [2.45, 2.75) is 19.8 Å². The first kappa shape index (κ1) is 14.1. The zero-order chi connectivity index (χ0) is 14.2. The number of nitrogens with one attached hydrogen (secondary N) is 1. The van der Waals surface area contributed by atoms with Gasteiger partial charge in [0.05, 0.1) is 12.3 Å². The second-order valence-electron chi connectivity index (χ2n) is 4.51. The molecule has 3 nitrogen and oxygen atoms in total. The van der Waals surface area contributed by atoms with Crippen LogP contribution in [0.1, 0.15) is 19.8 Å². The monoisotopic (exact) mass is 269 g/mol. The highest BCUT2D eigenvalue weighted by molar-refractivity contribution is 5.88. The molecule has 0 unspecified atom stereocenters. The molecule has 0 saturated heterocycles. The Labute approximate surface area is 119 Å². The van der Waals surface area contributed by atoms with E-state index >= 15 is 0 Å². The van der Waals surface area contributed by atoms with Gasteiger partial charge in [0.15, 0.2) is 0 Å². The SMILES string of the molecule is CCCCOc1cccc(-c2ccccc2)c1NC=O. The molecule has 20 heavy (non-hydrogen) atoms. The van der Waals surface area contributed by atoms with Gasteiger partial charge < -0.3 is 10.1 Å². The first-order valence-electron chi connectivity index (χ1n) is 6.88. The molecule has 0 radical (unpaired) electrons. The number of carbonyl (C=O) groups is 1. The summed E-state index contributed by atoms with van der Waals surface area (Å²) < 4.78 is 5.77. The van der Waals surface area contributed by atoms with Gasteiger partial charge in [-0.15, -0.1) is 0 Å². The van der Waals surface area contributed by atoms with Gasteiger partial charge in [-0.1, -0.05) is 55.8 Å². The lowest BCUT2D eigenvalue weighted by molar-refractivity contribution is -0.105. The molecular weight excluding hydrogens is 250 g/mol. The Morgan fingerprint density at radius 2 is 1.90 bits per heavy atom. The summed E-state index contributed by atoms with van der Waals surface area (Å²) in [5.74, 6) is 0.715. The second-order valence-corrected chi connectivity index (χ2v) is 4.51. The number of anilines is 1. The van der Waals surface area contributed by atoms with Crippen LogP contribution in [0.15, 0.2) is 48.5 Å². The van der Waals surface area contributed by atoms with Gasteiger partial charge in [0.25, 0.3) is 0 Å². The molecule has 0 aliphatic heterocycles. The summed E-state index contributed by atoms with van der Waals surface area (Å²) in [7, 11) is 0. The lowest BCUT2D eigenvalue weighted by Gasteiger charge is -2.14. The molecule has 0 aromatic heterocycles. The lowest BCUT2D eigenvalue weighted by atomic mass is 10.0. The van der Waals surface area contributed by atoms with E-state index in [-0.39, 0.29) is 0 Å². The van der Waals surface area contributed by atoms with Gasteiger partial charge in [0.1, 0.15) is 5.75 Å². The van der Waals surface area contributed by atoms with Crippen LogP contribution in [0.3, 0.4) is 0 Å². The third-order valence-electron chi connectivity index (χ3n) is 3.07. The van der Waals surface area contributed by atoms with Gasteiger partial charge in [-0.2, -0.15) is 0 Å². The molecule has 3 heteroatoms. The molecule has 2 rings (SSSR count). The number of ether oxygens (including phenoxy) is 1. The van der Waals surface area contributed by atoms with Crippen molar-refractivity contribution < 1.29 is 9.53 Å². The third kappa shape index (κ3) is 3.38. The summed E-state index contributed by atoms with van der Waals surface area (Å²) >= 11 is 0. The van der Waals surface area contributed by atoms with E-state index in [1.807, 2.05) is 48.5 Å². The summed E-state index contributed by atoms with van der Waals surface area (Å²) in [6.07, 6.45) is 2.76. The first-order valence-corrected chi connectivity index (χ1v) is 6.88. The maximum atomic E-state index is 10.9. The molecule has 0 fully saturated rings. The minimum Gasteiger partial charge on any atom is -0.491 e. The largest absolute Gasteiger partial charge is 0.491 e. The van der Waals surface area contributed by atoms with E-state index in [2.05, 4.69) is 12.2 Å². The van der Waals surface area contributed by atoms with Crippen LogP contribution in [0, 0.1) is 0 Å². The van der Waals surface area contributed by atoms with Crippen molar-refractivity contribution in [3.63, 3.8) is 0 Å². The molecule has 0 spiro atoms. The zero-order valence-electron chi connectivity index (χ0n) is 11.6. The predicted octanol–water partition coefficient (Wildman–Crippen LogP) is 4.10. The Kier molecular flexibility index (Phi) is 5.18. The van der Waals surface area contributed by atoms with Crippen molar-refractivity contribution in [2.75, 3.05) is 11.9 Å². The van der Waals surface area contributed by atoms with Gasteiger partial charge in [-0.3, -0.25) is 4.79 Å². The molecule has 0 bridgehead atoms. The van der Waals surface area contributed by atoms with Gasteiger partial charge in [0, 0.05) is 5.56 Å². The Balaban J connectivity index is 2.36. The van der Waals surface area contributed by atoms with E-state index < -0.39 is 0 Å². The number of benzene rings is 2. The van der Waals surface area contributed by atoms with E-state index in [1.165, 1.54) is 0 Å². The van der Waals surface area contributed by atoms with Crippen LogP contribution >= 0.6 is 0 Å². The normalized spacial score (nSPS) is 10.1. The van der Waals surface area contributed by atoms with E-state index in [0.717, 1.165) is 29.7 Å². The predicted molar refractivity (Wildman–Crippen MR) is 82.0 cm³/mol. The fourth-order valence-electron chi connectivity index (χ4n) is 2.04. The highest BCUT2D eigenvalue weighted by atomic mass is 16.5. The lowest BCUT2D eigenvalue weighted by Crippen LogP contribution is -2.03. The number of carbonyl (C=O) groups excluding carboxylic acids is 1. The molecule has 0 aliphatic rings. The average Bonchev–Trinajstić information content (AvgIpc) is 2.50. The van der Waals surface area contributed by atoms with Gasteiger partial charge in [-0.05, 0) is 18.1 Å². The van der Waals surface area contributed by atoms with Crippen molar-refractivity contribution >= 4 is 12.1 Å². The number of amides is 1. The average molecular weight is 269 g/mol. The highest BCUT2D eigenvalue weighted by Gasteiger charge is 2.10. The smallest absolute Gasteiger partial charge is 0.211 e. The fourth-order valence-corrected chi connectivity index (χ4v) is 2.04. The summed E-state index contributed by atoms with van der Waals surface area (Å²) in [6, 6.07) is 15.8. The van der Waals surface area contributed by atoms with Crippen molar-refractivity contribution in [1.82, 2.24) is 0 Å². The minimum atomic E-state index is 0.655. The molecule has 0 saturated carbocycles. The molecule has 1 amide bonds. The quantitative estimate of drug-likeness (QED) is 0.607. The molecule has 2 aromatic rings. The number of hydrogen-bond acceptors (Lipinski definition) is 2. The van der Waals surface area contributed by atoms with E-state index in [4.69, 9.17) is 4.74 Å². The van der Waals surface area contributed by atoms with E-state index in [1.54, 1.807) is 0 Å². The molecule has 0 aliphatic carbocycles. The van der Waals surface area contributed by atoms with Crippen LogP contribution in [0.5, 0.6) is 5.75 Å². The van der Waals surface area contributed by atoms with Crippen molar-refractivity contribution in [1.29, 1.82) is 0 Å². The molecular formula is C17H19NO2. The minimum absolute atomic E-state index is 0.655. The van der Waals surface area contributed by atoms with Gasteiger partial charge >= 0.3 is 0 Å². The van der Waals surface area contributed by atoms with Crippen molar-refractivity contribution in [3.8, 4) is 16.9 Å². The number of unbranched alkanes of at least 4 members (excludes halogenated alkanes) is 1. The maximum Gasteiger partial charge on any atom is 0.211 e. The van der Waals surface area contributed by atoms with Gasteiger partial charge in [0.2, 0.25) is 6.41 Å². The Bertz CT molecular complexity index is 552. The van der Waals surface area contributed by atoms with Crippen molar-refractivity contribution in [3.05, 3.63) is 48.5 Å². The number of para-hydroxylation sites is 1. The molecule has 0 heterocycles. The van der Waals surface area contributed by atoms with E-state index in [0.29, 0.717) is 18.8 Å². The molecule has 1 N–H and O–H groups in total. The zero-order valence-corrected chi connectivity index (χ0v) is 11.6. The number of rotatable bonds is 7. The molecule has 0 atom stereocenters. The number of hydrogen-bond donors (Lipinski definition) is 1. The van der Waals surface area contributed by atoms with Crippen LogP contribution < -0.4 is 10.1 Å². The van der Waals surface area contributed by atoms with E-state index in [9.17, 15) is 4.79 Å². The standard InChI is InChI=1S/C17H19NO2/c1-2-3-12-20-16-11-7-10-15(17(16)18-13-19)14-8-5-4-6-9-14/h4-11,13H,2-3,12H2,1H3,(H,18,19). The van der Waals surface area contributed by atoms with Crippen LogP contribution in [-0.2, 0) is 4.79 Å². The Morgan fingerprint density at radius 3 is 2.60 bits per heavy atom. The third-order valence-corrected chi connectivity index (χ3v) is 3.07. The van der Waals surface area contributed by atoms with Crippen LogP contribution in [0.4, 0.5) is 5.69 Å². The molecule has 104 valence electrons. The molecule has 2 aromatic carbocycles. The summed E-state index contributed by atoms with van der Waals surface area (Å²) in [5, 5.41) is 2.76. The van der Waals surface area contributed by atoms with Crippen LogP contribution in [0.2, 0.25) is 0 Å². The van der Waals surface area contributed by atoms with Gasteiger partial charge in [-0.25, -0.2) is 0 Å². The van der Waals surface area contributed by atoms with Crippen LogP contribution in [0.25, 0.3) is 11.1 Å².